The number of anilines is 1. The fourth-order valence-electron chi connectivity index (χ4n) is 3.21. The van der Waals surface area contributed by atoms with Crippen LogP contribution in [0, 0.1) is 13.8 Å². The predicted molar refractivity (Wildman–Crippen MR) is 122 cm³/mol. The van der Waals surface area contributed by atoms with Crippen molar-refractivity contribution in [2.75, 3.05) is 19.0 Å². The van der Waals surface area contributed by atoms with Gasteiger partial charge in [-0.3, -0.25) is 9.78 Å². The van der Waals surface area contributed by atoms with Crippen LogP contribution in [0.3, 0.4) is 0 Å². The topological polar surface area (TPSA) is 97.0 Å². The van der Waals surface area contributed by atoms with E-state index in [1.807, 2.05) is 57.1 Å². The molecule has 0 aliphatic heterocycles. The average Bonchev–Trinajstić information content (AvgIpc) is 3.16. The van der Waals surface area contributed by atoms with Crippen molar-refractivity contribution < 1.29 is 9.32 Å². The molecule has 3 aromatic heterocycles. The number of aromatic nitrogens is 4. The lowest BCUT2D eigenvalue weighted by atomic mass is 10.0. The van der Waals surface area contributed by atoms with Crippen LogP contribution in [0.2, 0.25) is 0 Å². The molecule has 0 saturated heterocycles. The van der Waals surface area contributed by atoms with Crippen molar-refractivity contribution in [2.45, 2.75) is 20.4 Å². The molecule has 4 rings (SSSR count). The van der Waals surface area contributed by atoms with Crippen molar-refractivity contribution in [3.8, 4) is 22.6 Å². The first-order chi connectivity index (χ1) is 15.4. The van der Waals surface area contributed by atoms with E-state index in [-0.39, 0.29) is 5.91 Å². The number of hydrogen-bond donors (Lipinski definition) is 1. The van der Waals surface area contributed by atoms with Crippen LogP contribution in [0.25, 0.3) is 22.6 Å². The summed E-state index contributed by atoms with van der Waals surface area (Å²) < 4.78 is 5.58. The maximum Gasteiger partial charge on any atom is 0.251 e. The number of nitrogens with one attached hydrogen (secondary N) is 1. The minimum Gasteiger partial charge on any atom is -0.356 e. The van der Waals surface area contributed by atoms with Gasteiger partial charge in [0.1, 0.15) is 0 Å². The predicted octanol–water partition coefficient (Wildman–Crippen LogP) is 3.81. The summed E-state index contributed by atoms with van der Waals surface area (Å²) in [6.45, 7) is 4.30. The molecule has 0 spiro atoms. The minimum atomic E-state index is -0.138. The summed E-state index contributed by atoms with van der Waals surface area (Å²) in [5, 5.41) is 7.00. The van der Waals surface area contributed by atoms with Gasteiger partial charge < -0.3 is 14.7 Å². The molecule has 0 aliphatic carbocycles. The maximum absolute atomic E-state index is 12.3. The van der Waals surface area contributed by atoms with Gasteiger partial charge in [0, 0.05) is 55.9 Å². The highest BCUT2D eigenvalue weighted by Gasteiger charge is 2.19. The van der Waals surface area contributed by atoms with Crippen molar-refractivity contribution in [1.29, 1.82) is 0 Å². The Kier molecular flexibility index (Phi) is 5.93. The summed E-state index contributed by atoms with van der Waals surface area (Å²) in [5.41, 5.74) is 5.82. The number of hydrogen-bond acceptors (Lipinski definition) is 7. The highest BCUT2D eigenvalue weighted by Crippen LogP contribution is 2.34. The molecule has 162 valence electrons. The standard InChI is InChI=1S/C24H24N6O2/c1-15-16(2)29-32-22(15)20-14-27-24(30(3)4)28-21(20)18-7-5-17(6-8-18)13-26-23(31)19-9-11-25-12-10-19/h5-12,14H,13H2,1-4H3,(H,26,31). The van der Waals surface area contributed by atoms with Gasteiger partial charge in [-0.25, -0.2) is 9.97 Å². The third-order valence-corrected chi connectivity index (χ3v) is 5.20. The zero-order valence-corrected chi connectivity index (χ0v) is 18.5. The molecular formula is C24H24N6O2. The summed E-state index contributed by atoms with van der Waals surface area (Å²) in [5.74, 6) is 1.13. The number of carbonyl (C=O) groups excluding carboxylic acids is 1. The Hall–Kier alpha value is -4.07. The van der Waals surface area contributed by atoms with Crippen molar-refractivity contribution in [3.05, 3.63) is 77.4 Å². The number of benzene rings is 1. The maximum atomic E-state index is 12.3. The van der Waals surface area contributed by atoms with E-state index in [4.69, 9.17) is 9.51 Å². The third kappa shape index (κ3) is 4.34. The lowest BCUT2D eigenvalue weighted by molar-refractivity contribution is 0.0951. The lowest BCUT2D eigenvalue weighted by Gasteiger charge is -2.14. The van der Waals surface area contributed by atoms with Crippen molar-refractivity contribution in [1.82, 2.24) is 25.4 Å². The molecule has 1 amide bonds. The van der Waals surface area contributed by atoms with E-state index >= 15 is 0 Å². The van der Waals surface area contributed by atoms with Gasteiger partial charge in [0.25, 0.3) is 5.91 Å². The van der Waals surface area contributed by atoms with E-state index in [0.29, 0.717) is 23.8 Å². The normalized spacial score (nSPS) is 10.8. The second-order valence-corrected chi connectivity index (χ2v) is 7.66. The molecule has 0 atom stereocenters. The first kappa shape index (κ1) is 21.2. The first-order valence-electron chi connectivity index (χ1n) is 10.2. The molecule has 3 heterocycles. The molecule has 1 N–H and O–H groups in total. The Labute approximate surface area is 186 Å². The molecule has 0 fully saturated rings. The first-order valence-corrected chi connectivity index (χ1v) is 10.2. The molecule has 4 aromatic rings. The molecule has 0 aliphatic rings. The quantitative estimate of drug-likeness (QED) is 0.499. The van der Waals surface area contributed by atoms with E-state index in [9.17, 15) is 4.79 Å². The van der Waals surface area contributed by atoms with E-state index in [0.717, 1.165) is 33.6 Å². The average molecular weight is 428 g/mol. The molecule has 0 unspecified atom stereocenters. The fourth-order valence-corrected chi connectivity index (χ4v) is 3.21. The number of nitrogens with zero attached hydrogens (tertiary/aromatic N) is 5. The van der Waals surface area contributed by atoms with Crippen LogP contribution in [0.5, 0.6) is 0 Å². The summed E-state index contributed by atoms with van der Waals surface area (Å²) in [6.07, 6.45) is 4.97. The zero-order valence-electron chi connectivity index (χ0n) is 18.5. The summed E-state index contributed by atoms with van der Waals surface area (Å²) in [6, 6.07) is 11.3. The van der Waals surface area contributed by atoms with Crippen molar-refractivity contribution in [2.24, 2.45) is 0 Å². The van der Waals surface area contributed by atoms with Gasteiger partial charge in [-0.2, -0.15) is 0 Å². The molecule has 0 saturated carbocycles. The highest BCUT2D eigenvalue weighted by molar-refractivity contribution is 5.93. The minimum absolute atomic E-state index is 0.138. The van der Waals surface area contributed by atoms with Crippen LogP contribution >= 0.6 is 0 Å². The molecule has 8 heteroatoms. The highest BCUT2D eigenvalue weighted by atomic mass is 16.5. The van der Waals surface area contributed by atoms with Crippen LogP contribution in [-0.4, -0.2) is 40.1 Å². The van der Waals surface area contributed by atoms with Gasteiger partial charge in [-0.05, 0) is 31.5 Å². The summed E-state index contributed by atoms with van der Waals surface area (Å²) in [4.78, 5) is 27.3. The van der Waals surface area contributed by atoms with Crippen LogP contribution in [0.4, 0.5) is 5.95 Å². The molecular weight excluding hydrogens is 404 g/mol. The molecule has 0 bridgehead atoms. The van der Waals surface area contributed by atoms with E-state index in [2.05, 4.69) is 20.4 Å². The van der Waals surface area contributed by atoms with Crippen LogP contribution < -0.4 is 10.2 Å². The van der Waals surface area contributed by atoms with Crippen LogP contribution in [-0.2, 0) is 6.54 Å². The number of rotatable bonds is 6. The Balaban J connectivity index is 1.61. The SMILES string of the molecule is Cc1noc(-c2cnc(N(C)C)nc2-c2ccc(CNC(=O)c3ccncc3)cc2)c1C. The number of carbonyl (C=O) groups is 1. The Morgan fingerprint density at radius 1 is 1.06 bits per heavy atom. The largest absolute Gasteiger partial charge is 0.356 e. The van der Waals surface area contributed by atoms with E-state index in [1.165, 1.54) is 0 Å². The van der Waals surface area contributed by atoms with Crippen LogP contribution in [0.15, 0.2) is 59.5 Å². The molecule has 32 heavy (non-hydrogen) atoms. The van der Waals surface area contributed by atoms with E-state index in [1.54, 1.807) is 30.7 Å². The van der Waals surface area contributed by atoms with Gasteiger partial charge in [0.15, 0.2) is 5.76 Å². The Bertz CT molecular complexity index is 1230. The van der Waals surface area contributed by atoms with E-state index < -0.39 is 0 Å². The lowest BCUT2D eigenvalue weighted by Crippen LogP contribution is -2.22. The second-order valence-electron chi connectivity index (χ2n) is 7.66. The third-order valence-electron chi connectivity index (χ3n) is 5.20. The monoisotopic (exact) mass is 428 g/mol. The Morgan fingerprint density at radius 2 is 1.78 bits per heavy atom. The Morgan fingerprint density at radius 3 is 2.41 bits per heavy atom. The zero-order chi connectivity index (χ0) is 22.7. The van der Waals surface area contributed by atoms with Gasteiger partial charge >= 0.3 is 0 Å². The molecule has 1 aromatic carbocycles. The smallest absolute Gasteiger partial charge is 0.251 e. The van der Waals surface area contributed by atoms with Crippen molar-refractivity contribution in [3.63, 3.8) is 0 Å². The second kappa shape index (κ2) is 8.97. The van der Waals surface area contributed by atoms with Gasteiger partial charge in [-0.15, -0.1) is 0 Å². The molecule has 0 radical (unpaired) electrons. The molecule has 8 nitrogen and oxygen atoms in total. The van der Waals surface area contributed by atoms with Gasteiger partial charge in [-0.1, -0.05) is 29.4 Å². The summed E-state index contributed by atoms with van der Waals surface area (Å²) in [7, 11) is 3.80. The van der Waals surface area contributed by atoms with Gasteiger partial charge in [0.2, 0.25) is 5.95 Å². The number of pyridine rings is 1. The fraction of sp³-hybridized carbons (Fsp3) is 0.208. The number of amides is 1. The number of aryl methyl sites for hydroxylation is 1. The van der Waals surface area contributed by atoms with Crippen molar-refractivity contribution >= 4 is 11.9 Å². The van der Waals surface area contributed by atoms with Crippen LogP contribution in [0.1, 0.15) is 27.2 Å². The summed E-state index contributed by atoms with van der Waals surface area (Å²) >= 11 is 0. The van der Waals surface area contributed by atoms with Gasteiger partial charge in [0.05, 0.1) is 17.0 Å².